The zero-order chi connectivity index (χ0) is 22.4. The van der Waals surface area contributed by atoms with Crippen LogP contribution in [0.5, 0.6) is 0 Å². The summed E-state index contributed by atoms with van der Waals surface area (Å²) in [5.74, 6) is 0. The number of carbonyl (C=O) groups is 1. The quantitative estimate of drug-likeness (QED) is 0.240. The van der Waals surface area contributed by atoms with Gasteiger partial charge in [-0.15, -0.1) is 24.6 Å². The molecule has 0 unspecified atom stereocenters. The Morgan fingerprint density at radius 1 is 0.821 bits per heavy atom. The highest BCUT2D eigenvalue weighted by atomic mass is 28.4. The average molecular weight is 457 g/mol. The van der Waals surface area contributed by atoms with Crippen LogP contribution in [0.1, 0.15) is 41.5 Å². The maximum absolute atomic E-state index is 12.3. The van der Waals surface area contributed by atoms with Crippen LogP contribution in [0.2, 0.25) is 47.6 Å². The van der Waals surface area contributed by atoms with Crippen LogP contribution < -0.4 is 0 Å². The van der Waals surface area contributed by atoms with E-state index in [1.54, 1.807) is 0 Å². The molecular weight excluding hydrogens is 413 g/mol. The Morgan fingerprint density at radius 3 is 1.32 bits per heavy atom. The Balaban J connectivity index is 4.94. The Kier molecular flexibility index (Phi) is 10.4. The third-order valence-corrected chi connectivity index (χ3v) is 28.3. The first kappa shape index (κ1) is 27.6. The van der Waals surface area contributed by atoms with Crippen LogP contribution in [0.4, 0.5) is 4.79 Å². The van der Waals surface area contributed by atoms with Crippen molar-refractivity contribution in [3.63, 3.8) is 0 Å². The number of rotatable bonds is 12. The minimum atomic E-state index is -1.58. The largest absolute Gasteiger partial charge is 0.507 e. The van der Waals surface area contributed by atoms with Gasteiger partial charge in [-0.05, 0) is 9.32 Å². The summed E-state index contributed by atoms with van der Waals surface area (Å²) in [7, 11) is -4.86. The fraction of sp³-hybridized carbons (Fsp3) is 0.762. The van der Waals surface area contributed by atoms with Gasteiger partial charge in [0.05, 0.1) is 46.2 Å². The van der Waals surface area contributed by atoms with Crippen LogP contribution in [0, 0.1) is 0 Å². The van der Waals surface area contributed by atoms with Crippen LogP contribution in [0.15, 0.2) is 24.6 Å². The van der Waals surface area contributed by atoms with Crippen LogP contribution >= 0.6 is 0 Å². The molecule has 0 aromatic rings. The number of hydrogen-bond donors (Lipinski definition) is 0. The second-order valence-electron chi connectivity index (χ2n) is 9.84. The minimum Gasteiger partial charge on any atom is -0.438 e. The maximum Gasteiger partial charge on any atom is 0.507 e. The van der Waals surface area contributed by atoms with Crippen molar-refractivity contribution in [3.8, 4) is 0 Å². The number of ether oxygens (including phenoxy) is 2. The van der Waals surface area contributed by atoms with Gasteiger partial charge < -0.3 is 9.47 Å². The fourth-order valence-corrected chi connectivity index (χ4v) is 17.1. The van der Waals surface area contributed by atoms with Gasteiger partial charge in [0, 0.05) is 0 Å². The standard InChI is InChI=1S/C21H44O3Si4/c1-13-25(20(5,6)27(9,10)15-3)17-23-19(22)24-18-26(14-2)21(7,8)28(11,12)16-4/h15-16H,3-4,13-14,17-18H2,1-2,5-12H3. The second kappa shape index (κ2) is 10.6. The van der Waals surface area contributed by atoms with Gasteiger partial charge in [-0.1, -0.05) is 79.8 Å². The van der Waals surface area contributed by atoms with Crippen LogP contribution in [-0.2, 0) is 9.47 Å². The smallest absolute Gasteiger partial charge is 0.438 e. The summed E-state index contributed by atoms with van der Waals surface area (Å²) in [6.45, 7) is 31.3. The summed E-state index contributed by atoms with van der Waals surface area (Å²) in [5.41, 5.74) is 4.32. The maximum atomic E-state index is 12.3. The Hall–Kier alpha value is -0.382. The molecule has 0 spiro atoms. The van der Waals surface area contributed by atoms with Crippen molar-refractivity contribution in [2.45, 2.75) is 89.1 Å². The summed E-state index contributed by atoms with van der Waals surface area (Å²) in [5, 5.41) is 0. The lowest BCUT2D eigenvalue weighted by Crippen LogP contribution is -2.50. The molecule has 0 aliphatic heterocycles. The lowest BCUT2D eigenvalue weighted by molar-refractivity contribution is 0.0782. The molecule has 0 amide bonds. The van der Waals surface area contributed by atoms with E-state index in [9.17, 15) is 4.79 Å². The average Bonchev–Trinajstić information content (AvgIpc) is 2.61. The summed E-state index contributed by atoms with van der Waals surface area (Å²) >= 11 is 0. The molecule has 162 valence electrons. The van der Waals surface area contributed by atoms with Crippen LogP contribution in [0.25, 0.3) is 0 Å². The van der Waals surface area contributed by atoms with Crippen LogP contribution in [-0.4, -0.2) is 52.4 Å². The molecule has 0 aromatic heterocycles. The van der Waals surface area contributed by atoms with Gasteiger partial charge in [0.15, 0.2) is 0 Å². The van der Waals surface area contributed by atoms with E-state index in [0.717, 1.165) is 12.1 Å². The van der Waals surface area contributed by atoms with Crippen molar-refractivity contribution in [2.24, 2.45) is 0 Å². The van der Waals surface area contributed by atoms with Gasteiger partial charge >= 0.3 is 6.16 Å². The lowest BCUT2D eigenvalue weighted by atomic mass is 10.5. The molecule has 0 aliphatic carbocycles. The van der Waals surface area contributed by atoms with E-state index in [1.165, 1.54) is 0 Å². The van der Waals surface area contributed by atoms with Crippen molar-refractivity contribution in [1.82, 2.24) is 0 Å². The monoisotopic (exact) mass is 456 g/mol. The molecule has 3 nitrogen and oxygen atoms in total. The Bertz CT molecular complexity index is 496. The topological polar surface area (TPSA) is 35.5 Å². The van der Waals surface area contributed by atoms with Crippen molar-refractivity contribution >= 4 is 39.9 Å². The highest BCUT2D eigenvalue weighted by Crippen LogP contribution is 2.42. The Labute approximate surface area is 180 Å². The van der Waals surface area contributed by atoms with Crippen molar-refractivity contribution in [3.05, 3.63) is 24.6 Å². The number of carbonyl (C=O) groups excluding carboxylic acids is 1. The summed E-state index contributed by atoms with van der Waals surface area (Å²) < 4.78 is 11.6. The molecular formula is C21H44O3Si4. The molecule has 0 N–H and O–H groups in total. The molecule has 0 fully saturated rings. The summed E-state index contributed by atoms with van der Waals surface area (Å²) in [4.78, 5) is 12.3. The summed E-state index contributed by atoms with van der Waals surface area (Å²) in [6, 6.07) is 2.15. The second-order valence-corrected chi connectivity index (χ2v) is 28.0. The Morgan fingerprint density at radius 2 is 1.11 bits per heavy atom. The predicted octanol–water partition coefficient (Wildman–Crippen LogP) is 6.75. The number of hydrogen-bond acceptors (Lipinski definition) is 3. The third kappa shape index (κ3) is 6.31. The van der Waals surface area contributed by atoms with Gasteiger partial charge in [0.1, 0.15) is 0 Å². The molecule has 0 aliphatic rings. The SMILES string of the molecule is C=C[Si](C)(C)C(C)(C)[Si](CC)COC(=O)OC[Si](CC)C(C)(C)[Si](C)(C)C=C. The predicted molar refractivity (Wildman–Crippen MR) is 133 cm³/mol. The third-order valence-electron chi connectivity index (χ3n) is 7.59. The van der Waals surface area contributed by atoms with Crippen molar-refractivity contribution < 1.29 is 14.3 Å². The minimum absolute atomic E-state index is 0.203. The first-order chi connectivity index (χ1) is 12.6. The molecule has 0 saturated carbocycles. The molecule has 0 saturated heterocycles. The van der Waals surface area contributed by atoms with Crippen molar-refractivity contribution in [1.29, 1.82) is 0 Å². The van der Waals surface area contributed by atoms with E-state index >= 15 is 0 Å². The van der Waals surface area contributed by atoms with E-state index in [4.69, 9.17) is 9.47 Å². The van der Waals surface area contributed by atoms with Gasteiger partial charge in [-0.3, -0.25) is 0 Å². The van der Waals surface area contributed by atoms with E-state index in [1.807, 2.05) is 0 Å². The first-order valence-electron chi connectivity index (χ1n) is 10.4. The highest BCUT2D eigenvalue weighted by molar-refractivity contribution is 6.96. The highest BCUT2D eigenvalue weighted by Gasteiger charge is 2.45. The van der Waals surface area contributed by atoms with Crippen LogP contribution in [0.3, 0.4) is 0 Å². The van der Waals surface area contributed by atoms with Gasteiger partial charge in [0.25, 0.3) is 0 Å². The molecule has 0 heterocycles. The van der Waals surface area contributed by atoms with E-state index in [2.05, 4.69) is 92.3 Å². The molecule has 28 heavy (non-hydrogen) atoms. The molecule has 0 aromatic carbocycles. The lowest BCUT2D eigenvalue weighted by Gasteiger charge is -2.43. The van der Waals surface area contributed by atoms with Crippen molar-refractivity contribution in [2.75, 3.05) is 12.5 Å². The van der Waals surface area contributed by atoms with E-state index in [0.29, 0.717) is 12.5 Å². The zero-order valence-electron chi connectivity index (χ0n) is 20.1. The molecule has 0 atom stereocenters. The van der Waals surface area contributed by atoms with Gasteiger partial charge in [-0.25, -0.2) is 4.79 Å². The molecule has 2 radical (unpaired) electrons. The normalized spacial score (nSPS) is 13.6. The molecule has 0 rings (SSSR count). The molecule has 7 heteroatoms. The van der Waals surface area contributed by atoms with E-state index < -0.39 is 39.9 Å². The van der Waals surface area contributed by atoms with E-state index in [-0.39, 0.29) is 9.32 Å². The van der Waals surface area contributed by atoms with Gasteiger partial charge in [0.2, 0.25) is 0 Å². The first-order valence-corrected chi connectivity index (χ1v) is 20.4. The summed E-state index contributed by atoms with van der Waals surface area (Å²) in [6.07, 6.45) is 0.540. The fourth-order valence-electron chi connectivity index (χ4n) is 3.20. The molecule has 0 bridgehead atoms. The van der Waals surface area contributed by atoms with Gasteiger partial charge in [-0.2, -0.15) is 0 Å². The zero-order valence-corrected chi connectivity index (χ0v) is 24.1.